The third-order valence-electron chi connectivity index (χ3n) is 5.16. The molecule has 0 N–H and O–H groups in total. The molecule has 2 aromatic carbocycles. The van der Waals surface area contributed by atoms with E-state index in [1.807, 2.05) is 41.3 Å². The van der Waals surface area contributed by atoms with Crippen molar-refractivity contribution in [1.82, 2.24) is 4.90 Å². The number of benzene rings is 2. The van der Waals surface area contributed by atoms with Crippen LogP contribution in [-0.2, 0) is 4.79 Å². The maximum Gasteiger partial charge on any atom is 0.247 e. The Labute approximate surface area is 171 Å². The Bertz CT molecular complexity index is 893. The molecule has 6 heteroatoms. The third-order valence-corrected chi connectivity index (χ3v) is 5.16. The van der Waals surface area contributed by atoms with E-state index in [9.17, 15) is 4.79 Å². The summed E-state index contributed by atoms with van der Waals surface area (Å²) >= 11 is 0. The Kier molecular flexibility index (Phi) is 6.65. The van der Waals surface area contributed by atoms with Crippen molar-refractivity contribution in [2.45, 2.75) is 18.9 Å². The lowest BCUT2D eigenvalue weighted by Crippen LogP contribution is -2.29. The fourth-order valence-corrected chi connectivity index (χ4v) is 3.67. The van der Waals surface area contributed by atoms with E-state index in [1.54, 1.807) is 40.6 Å². The molecule has 1 atom stereocenters. The van der Waals surface area contributed by atoms with E-state index in [4.69, 9.17) is 18.9 Å². The summed E-state index contributed by atoms with van der Waals surface area (Å²) in [5.74, 6) is 2.76. The zero-order valence-electron chi connectivity index (χ0n) is 17.3. The van der Waals surface area contributed by atoms with Crippen LogP contribution in [-0.4, -0.2) is 45.8 Å². The third kappa shape index (κ3) is 4.47. The number of amides is 1. The van der Waals surface area contributed by atoms with Crippen LogP contribution >= 0.6 is 0 Å². The van der Waals surface area contributed by atoms with Gasteiger partial charge >= 0.3 is 0 Å². The SMILES string of the molecule is COc1ccc(OC)c(C2CCCN2C(=O)/C=C/c2ccc(OC)c(OC)c2)c1. The van der Waals surface area contributed by atoms with Gasteiger partial charge in [-0.05, 0) is 54.8 Å². The number of hydrogen-bond acceptors (Lipinski definition) is 5. The molecule has 0 saturated carbocycles. The van der Waals surface area contributed by atoms with E-state index in [2.05, 4.69) is 0 Å². The van der Waals surface area contributed by atoms with Gasteiger partial charge in [0.2, 0.25) is 5.91 Å². The fraction of sp³-hybridized carbons (Fsp3) is 0.348. The summed E-state index contributed by atoms with van der Waals surface area (Å²) in [6.45, 7) is 0.708. The van der Waals surface area contributed by atoms with E-state index in [0.717, 1.165) is 35.5 Å². The lowest BCUT2D eigenvalue weighted by atomic mass is 10.0. The zero-order chi connectivity index (χ0) is 20.8. The summed E-state index contributed by atoms with van der Waals surface area (Å²) in [4.78, 5) is 14.8. The van der Waals surface area contributed by atoms with Gasteiger partial charge in [0.25, 0.3) is 0 Å². The van der Waals surface area contributed by atoms with Gasteiger partial charge in [0.1, 0.15) is 11.5 Å². The van der Waals surface area contributed by atoms with Gasteiger partial charge in [-0.1, -0.05) is 6.07 Å². The standard InChI is InChI=1S/C23H27NO5/c1-26-17-9-11-20(27-2)18(15-17)19-6-5-13-24(19)23(25)12-8-16-7-10-21(28-3)22(14-16)29-4/h7-12,14-15,19H,5-6,13H2,1-4H3/b12-8+. The summed E-state index contributed by atoms with van der Waals surface area (Å²) in [7, 11) is 6.46. The average Bonchev–Trinajstić information content (AvgIpc) is 3.26. The van der Waals surface area contributed by atoms with Crippen molar-refractivity contribution >= 4 is 12.0 Å². The van der Waals surface area contributed by atoms with E-state index in [-0.39, 0.29) is 11.9 Å². The molecule has 3 rings (SSSR count). The molecule has 1 fully saturated rings. The highest BCUT2D eigenvalue weighted by molar-refractivity contribution is 5.92. The van der Waals surface area contributed by atoms with Crippen molar-refractivity contribution in [2.75, 3.05) is 35.0 Å². The van der Waals surface area contributed by atoms with Crippen molar-refractivity contribution < 1.29 is 23.7 Å². The van der Waals surface area contributed by atoms with Gasteiger partial charge < -0.3 is 23.8 Å². The minimum absolute atomic E-state index is 0.0350. The fourth-order valence-electron chi connectivity index (χ4n) is 3.67. The van der Waals surface area contributed by atoms with Crippen LogP contribution in [0.15, 0.2) is 42.5 Å². The molecule has 2 aromatic rings. The molecule has 0 bridgehead atoms. The molecule has 29 heavy (non-hydrogen) atoms. The summed E-state index contributed by atoms with van der Waals surface area (Å²) in [6, 6.07) is 11.2. The molecular weight excluding hydrogens is 370 g/mol. The number of methoxy groups -OCH3 is 4. The average molecular weight is 397 g/mol. The molecule has 0 radical (unpaired) electrons. The molecule has 1 aliphatic heterocycles. The maximum absolute atomic E-state index is 12.9. The van der Waals surface area contributed by atoms with Gasteiger partial charge in [0.05, 0.1) is 34.5 Å². The van der Waals surface area contributed by atoms with Crippen molar-refractivity contribution in [3.63, 3.8) is 0 Å². The van der Waals surface area contributed by atoms with E-state index < -0.39 is 0 Å². The van der Waals surface area contributed by atoms with Crippen LogP contribution in [0.4, 0.5) is 0 Å². The van der Waals surface area contributed by atoms with Gasteiger partial charge in [0, 0.05) is 18.2 Å². The van der Waals surface area contributed by atoms with E-state index in [0.29, 0.717) is 18.0 Å². The van der Waals surface area contributed by atoms with Gasteiger partial charge in [-0.15, -0.1) is 0 Å². The van der Waals surface area contributed by atoms with Crippen LogP contribution < -0.4 is 18.9 Å². The first-order valence-electron chi connectivity index (χ1n) is 9.54. The molecule has 1 heterocycles. The molecule has 0 aromatic heterocycles. The van der Waals surface area contributed by atoms with Gasteiger partial charge in [0.15, 0.2) is 11.5 Å². The van der Waals surface area contributed by atoms with Crippen LogP contribution in [0.5, 0.6) is 23.0 Å². The Hall–Kier alpha value is -3.15. The number of likely N-dealkylation sites (tertiary alicyclic amines) is 1. The Balaban J connectivity index is 1.81. The summed E-state index contributed by atoms with van der Waals surface area (Å²) in [6.07, 6.45) is 5.23. The van der Waals surface area contributed by atoms with Crippen LogP contribution in [0.2, 0.25) is 0 Å². The number of hydrogen-bond donors (Lipinski definition) is 0. The second-order valence-corrected chi connectivity index (χ2v) is 6.75. The monoisotopic (exact) mass is 397 g/mol. The highest BCUT2D eigenvalue weighted by Crippen LogP contribution is 2.39. The van der Waals surface area contributed by atoms with Crippen molar-refractivity contribution in [2.24, 2.45) is 0 Å². The lowest BCUT2D eigenvalue weighted by molar-refractivity contribution is -0.126. The first-order valence-corrected chi connectivity index (χ1v) is 9.54. The Morgan fingerprint density at radius 3 is 2.34 bits per heavy atom. The Morgan fingerprint density at radius 2 is 1.66 bits per heavy atom. The van der Waals surface area contributed by atoms with Gasteiger partial charge in [-0.2, -0.15) is 0 Å². The molecule has 154 valence electrons. The zero-order valence-corrected chi connectivity index (χ0v) is 17.3. The predicted molar refractivity (Wildman–Crippen MR) is 112 cm³/mol. The van der Waals surface area contributed by atoms with Crippen LogP contribution in [0.1, 0.15) is 30.0 Å². The first-order chi connectivity index (χ1) is 14.1. The van der Waals surface area contributed by atoms with Gasteiger partial charge in [-0.25, -0.2) is 0 Å². The summed E-state index contributed by atoms with van der Waals surface area (Å²) in [5, 5.41) is 0. The summed E-state index contributed by atoms with van der Waals surface area (Å²) < 4.78 is 21.5. The quantitative estimate of drug-likeness (QED) is 0.659. The molecule has 1 unspecified atom stereocenters. The number of carbonyl (C=O) groups is 1. The molecule has 1 saturated heterocycles. The predicted octanol–water partition coefficient (Wildman–Crippen LogP) is 4.10. The largest absolute Gasteiger partial charge is 0.497 e. The van der Waals surface area contributed by atoms with Crippen LogP contribution in [0.3, 0.4) is 0 Å². The molecule has 0 spiro atoms. The number of nitrogens with zero attached hydrogens (tertiary/aromatic N) is 1. The summed E-state index contributed by atoms with van der Waals surface area (Å²) in [5.41, 5.74) is 1.84. The maximum atomic E-state index is 12.9. The molecule has 6 nitrogen and oxygen atoms in total. The topological polar surface area (TPSA) is 57.2 Å². The second-order valence-electron chi connectivity index (χ2n) is 6.75. The molecular formula is C23H27NO5. The normalized spacial score (nSPS) is 16.1. The smallest absolute Gasteiger partial charge is 0.247 e. The molecule has 1 amide bonds. The number of ether oxygens (including phenoxy) is 4. The highest BCUT2D eigenvalue weighted by Gasteiger charge is 2.31. The van der Waals surface area contributed by atoms with Crippen molar-refractivity contribution in [3.05, 3.63) is 53.6 Å². The van der Waals surface area contributed by atoms with Crippen molar-refractivity contribution in [3.8, 4) is 23.0 Å². The number of carbonyl (C=O) groups excluding carboxylic acids is 1. The van der Waals surface area contributed by atoms with Gasteiger partial charge in [-0.3, -0.25) is 4.79 Å². The lowest BCUT2D eigenvalue weighted by Gasteiger charge is -2.25. The second kappa shape index (κ2) is 9.37. The van der Waals surface area contributed by atoms with Crippen LogP contribution in [0.25, 0.3) is 6.08 Å². The first kappa shape index (κ1) is 20.6. The minimum Gasteiger partial charge on any atom is -0.497 e. The Morgan fingerprint density at radius 1 is 0.931 bits per heavy atom. The minimum atomic E-state index is -0.0393. The number of rotatable bonds is 7. The van der Waals surface area contributed by atoms with E-state index in [1.165, 1.54) is 0 Å². The van der Waals surface area contributed by atoms with Crippen molar-refractivity contribution in [1.29, 1.82) is 0 Å². The molecule has 0 aliphatic carbocycles. The molecule has 1 aliphatic rings. The van der Waals surface area contributed by atoms with Crippen LogP contribution in [0, 0.1) is 0 Å². The highest BCUT2D eigenvalue weighted by atomic mass is 16.5. The van der Waals surface area contributed by atoms with E-state index >= 15 is 0 Å².